The lowest BCUT2D eigenvalue weighted by Crippen LogP contribution is -2.13. The Morgan fingerprint density at radius 3 is 2.42 bits per heavy atom. The van der Waals surface area contributed by atoms with Crippen molar-refractivity contribution in [1.29, 1.82) is 0 Å². The largest absolute Gasteiger partial charge is 0.299 e. The van der Waals surface area contributed by atoms with Gasteiger partial charge in [0.1, 0.15) is 0 Å². The zero-order valence-corrected chi connectivity index (χ0v) is 12.7. The second-order valence-corrected chi connectivity index (χ2v) is 5.01. The summed E-state index contributed by atoms with van der Waals surface area (Å²) in [7, 11) is 0. The molecule has 0 atom stereocenters. The maximum Gasteiger partial charge on any atom is 0.299 e. The van der Waals surface area contributed by atoms with Crippen LogP contribution in [0.4, 0.5) is 17.1 Å². The number of rotatable bonds is 4. The minimum atomic E-state index is -0.541. The van der Waals surface area contributed by atoms with Crippen molar-refractivity contribution in [2.75, 3.05) is 0 Å². The summed E-state index contributed by atoms with van der Waals surface area (Å²) < 4.78 is 1.35. The Labute approximate surface area is 136 Å². The first-order chi connectivity index (χ1) is 11.6. The molecule has 0 aliphatic rings. The van der Waals surface area contributed by atoms with Gasteiger partial charge in [0.25, 0.3) is 11.2 Å². The molecule has 0 aliphatic carbocycles. The quantitative estimate of drug-likeness (QED) is 0.448. The van der Waals surface area contributed by atoms with E-state index < -0.39 is 4.92 Å². The molecule has 0 bridgehead atoms. The van der Waals surface area contributed by atoms with Crippen LogP contribution in [0, 0.1) is 17.0 Å². The molecule has 0 fully saturated rings. The Morgan fingerprint density at radius 1 is 1.04 bits per heavy atom. The number of para-hydroxylation sites is 2. The number of aryl methyl sites for hydroxylation is 1. The number of aromatic nitrogens is 2. The second kappa shape index (κ2) is 6.29. The number of H-pyrrole nitrogens is 1. The van der Waals surface area contributed by atoms with E-state index in [-0.39, 0.29) is 22.6 Å². The fourth-order valence-electron chi connectivity index (χ4n) is 2.22. The minimum absolute atomic E-state index is 0.0914. The van der Waals surface area contributed by atoms with E-state index in [9.17, 15) is 14.9 Å². The summed E-state index contributed by atoms with van der Waals surface area (Å²) in [6.45, 7) is 1.69. The van der Waals surface area contributed by atoms with Crippen molar-refractivity contribution >= 4 is 17.1 Å². The predicted molar refractivity (Wildman–Crippen MR) is 88.4 cm³/mol. The van der Waals surface area contributed by atoms with Crippen LogP contribution in [0.3, 0.4) is 0 Å². The zero-order chi connectivity index (χ0) is 17.1. The Morgan fingerprint density at radius 2 is 1.71 bits per heavy atom. The Hall–Kier alpha value is -3.55. The monoisotopic (exact) mass is 323 g/mol. The van der Waals surface area contributed by atoms with E-state index in [1.165, 1.54) is 16.8 Å². The fourth-order valence-corrected chi connectivity index (χ4v) is 2.22. The Kier molecular flexibility index (Phi) is 4.02. The third kappa shape index (κ3) is 2.84. The number of hydrogen-bond donors (Lipinski definition) is 1. The molecule has 0 aliphatic heterocycles. The fraction of sp³-hybridized carbons (Fsp3) is 0.0625. The van der Waals surface area contributed by atoms with Crippen LogP contribution in [-0.4, -0.2) is 14.7 Å². The van der Waals surface area contributed by atoms with Gasteiger partial charge in [0, 0.05) is 6.07 Å². The van der Waals surface area contributed by atoms with Gasteiger partial charge in [-0.3, -0.25) is 20.0 Å². The van der Waals surface area contributed by atoms with Crippen molar-refractivity contribution in [2.45, 2.75) is 6.92 Å². The van der Waals surface area contributed by atoms with Gasteiger partial charge in [0.2, 0.25) is 0 Å². The molecule has 0 saturated carbocycles. The summed E-state index contributed by atoms with van der Waals surface area (Å²) >= 11 is 0. The van der Waals surface area contributed by atoms with E-state index in [2.05, 4.69) is 15.3 Å². The molecule has 0 amide bonds. The lowest BCUT2D eigenvalue weighted by molar-refractivity contribution is -0.384. The summed E-state index contributed by atoms with van der Waals surface area (Å²) in [5, 5.41) is 21.7. The first-order valence-electron chi connectivity index (χ1n) is 7.10. The van der Waals surface area contributed by atoms with E-state index >= 15 is 0 Å². The lowest BCUT2D eigenvalue weighted by Gasteiger charge is -1.99. The molecule has 0 radical (unpaired) electrons. The van der Waals surface area contributed by atoms with Crippen LogP contribution in [0.5, 0.6) is 0 Å². The predicted octanol–water partition coefficient (Wildman–Crippen LogP) is 3.80. The summed E-state index contributed by atoms with van der Waals surface area (Å²) in [4.78, 5) is 22.9. The van der Waals surface area contributed by atoms with Crippen LogP contribution in [0.2, 0.25) is 0 Å². The van der Waals surface area contributed by atoms with Crippen LogP contribution in [-0.2, 0) is 0 Å². The molecule has 8 nitrogen and oxygen atoms in total. The van der Waals surface area contributed by atoms with Crippen molar-refractivity contribution < 1.29 is 4.92 Å². The van der Waals surface area contributed by atoms with E-state index in [0.29, 0.717) is 11.4 Å². The molecule has 0 spiro atoms. The molecule has 8 heteroatoms. The first-order valence-corrected chi connectivity index (χ1v) is 7.10. The smallest absolute Gasteiger partial charge is 0.293 e. The highest BCUT2D eigenvalue weighted by atomic mass is 16.6. The van der Waals surface area contributed by atoms with Crippen molar-refractivity contribution in [3.8, 4) is 5.69 Å². The standard InChI is InChI=1S/C16H13N5O3/c1-11-15(16(22)20(19-11)12-7-3-2-4-8-12)18-17-13-9-5-6-10-14(13)21(23)24/h2-10,19H,1H3. The average Bonchev–Trinajstić information content (AvgIpc) is 2.88. The van der Waals surface area contributed by atoms with Gasteiger partial charge < -0.3 is 0 Å². The van der Waals surface area contributed by atoms with Gasteiger partial charge in [0.05, 0.1) is 16.3 Å². The van der Waals surface area contributed by atoms with E-state index in [4.69, 9.17) is 0 Å². The van der Waals surface area contributed by atoms with E-state index in [1.807, 2.05) is 18.2 Å². The molecular formula is C16H13N5O3. The number of nitro groups is 1. The molecule has 3 rings (SSSR count). The molecular weight excluding hydrogens is 310 g/mol. The highest BCUT2D eigenvalue weighted by molar-refractivity contribution is 5.56. The summed E-state index contributed by atoms with van der Waals surface area (Å²) in [6.07, 6.45) is 0. The van der Waals surface area contributed by atoms with Gasteiger partial charge in [-0.05, 0) is 25.1 Å². The molecule has 24 heavy (non-hydrogen) atoms. The molecule has 2 aromatic carbocycles. The number of nitrogens with one attached hydrogen (secondary N) is 1. The average molecular weight is 323 g/mol. The normalized spacial score (nSPS) is 11.0. The van der Waals surface area contributed by atoms with Gasteiger partial charge in [0.15, 0.2) is 11.4 Å². The summed E-state index contributed by atoms with van der Waals surface area (Å²) in [5.74, 6) is 0. The number of aromatic amines is 1. The summed E-state index contributed by atoms with van der Waals surface area (Å²) in [6, 6.07) is 15.0. The first kappa shape index (κ1) is 15.3. The molecule has 0 saturated heterocycles. The van der Waals surface area contributed by atoms with Crippen molar-refractivity contribution in [2.24, 2.45) is 10.2 Å². The molecule has 1 heterocycles. The molecule has 120 valence electrons. The number of azo groups is 1. The number of benzene rings is 2. The highest BCUT2D eigenvalue weighted by Gasteiger charge is 2.14. The van der Waals surface area contributed by atoms with Gasteiger partial charge in [-0.25, -0.2) is 4.68 Å². The SMILES string of the molecule is Cc1[nH]n(-c2ccccc2)c(=O)c1N=Nc1ccccc1[N+](=O)[O-]. The zero-order valence-electron chi connectivity index (χ0n) is 12.7. The Bertz CT molecular complexity index is 973. The maximum absolute atomic E-state index is 12.5. The van der Waals surface area contributed by atoms with Crippen molar-refractivity contribution in [1.82, 2.24) is 9.78 Å². The third-order valence-electron chi connectivity index (χ3n) is 3.39. The number of nitro benzene ring substituents is 1. The van der Waals surface area contributed by atoms with Gasteiger partial charge in [-0.2, -0.15) is 0 Å². The van der Waals surface area contributed by atoms with Gasteiger partial charge >= 0.3 is 0 Å². The van der Waals surface area contributed by atoms with Gasteiger partial charge in [-0.1, -0.05) is 30.3 Å². The summed E-state index contributed by atoms with van der Waals surface area (Å²) in [5.41, 5.74) is 0.841. The van der Waals surface area contributed by atoms with Crippen LogP contribution < -0.4 is 5.56 Å². The van der Waals surface area contributed by atoms with Crippen LogP contribution in [0.25, 0.3) is 5.69 Å². The third-order valence-corrected chi connectivity index (χ3v) is 3.39. The lowest BCUT2D eigenvalue weighted by atomic mass is 10.3. The molecule has 3 aromatic rings. The molecule has 1 aromatic heterocycles. The van der Waals surface area contributed by atoms with Crippen molar-refractivity contribution in [3.05, 3.63) is 80.8 Å². The van der Waals surface area contributed by atoms with Crippen molar-refractivity contribution in [3.63, 3.8) is 0 Å². The number of nitrogens with zero attached hydrogens (tertiary/aromatic N) is 4. The molecule has 0 unspecified atom stereocenters. The van der Waals surface area contributed by atoms with Crippen LogP contribution >= 0.6 is 0 Å². The number of hydrogen-bond acceptors (Lipinski definition) is 5. The maximum atomic E-state index is 12.5. The Balaban J connectivity index is 2.02. The van der Waals surface area contributed by atoms with Crippen LogP contribution in [0.15, 0.2) is 69.6 Å². The minimum Gasteiger partial charge on any atom is -0.293 e. The van der Waals surface area contributed by atoms with E-state index in [1.54, 1.807) is 31.2 Å². The second-order valence-electron chi connectivity index (χ2n) is 5.01. The molecule has 1 N–H and O–H groups in total. The van der Waals surface area contributed by atoms with Gasteiger partial charge in [-0.15, -0.1) is 10.2 Å². The topological polar surface area (TPSA) is 106 Å². The van der Waals surface area contributed by atoms with Crippen LogP contribution in [0.1, 0.15) is 5.69 Å². The van der Waals surface area contributed by atoms with E-state index in [0.717, 1.165) is 0 Å². The highest BCUT2D eigenvalue weighted by Crippen LogP contribution is 2.28.